The number of ether oxygens (including phenoxy) is 1. The largest absolute Gasteiger partial charge is 0.380 e. The van der Waals surface area contributed by atoms with Gasteiger partial charge in [-0.1, -0.05) is 6.07 Å². The number of nitrogens with one attached hydrogen (secondary N) is 1. The Bertz CT molecular complexity index is 319. The van der Waals surface area contributed by atoms with Crippen LogP contribution in [0.2, 0.25) is 0 Å². The summed E-state index contributed by atoms with van der Waals surface area (Å²) in [6.45, 7) is 3.15. The van der Waals surface area contributed by atoms with Crippen molar-refractivity contribution in [2.45, 2.75) is 13.0 Å². The van der Waals surface area contributed by atoms with E-state index in [1.807, 2.05) is 20.0 Å². The van der Waals surface area contributed by atoms with Crippen LogP contribution in [0.1, 0.15) is 18.5 Å². The fraction of sp³-hybridized carbons (Fsp3) is 0.455. The maximum absolute atomic E-state index is 13.3. The molecule has 0 aromatic heterocycles. The fourth-order valence-electron chi connectivity index (χ4n) is 1.31. The summed E-state index contributed by atoms with van der Waals surface area (Å²) >= 11 is 3.13. The van der Waals surface area contributed by atoms with E-state index in [1.54, 1.807) is 6.07 Å². The summed E-state index contributed by atoms with van der Waals surface area (Å²) in [5.74, 6) is -0.246. The highest BCUT2D eigenvalue weighted by atomic mass is 79.9. The predicted molar refractivity (Wildman–Crippen MR) is 62.4 cm³/mol. The Hall–Kier alpha value is -0.450. The molecular weight excluding hydrogens is 261 g/mol. The molecule has 0 aliphatic carbocycles. The van der Waals surface area contributed by atoms with Gasteiger partial charge in [-0.05, 0) is 47.6 Å². The van der Waals surface area contributed by atoms with Crippen LogP contribution in [0.25, 0.3) is 0 Å². The second-order valence-electron chi connectivity index (χ2n) is 3.17. The molecule has 1 aromatic rings. The summed E-state index contributed by atoms with van der Waals surface area (Å²) in [6, 6.07) is 5.14. The average molecular weight is 276 g/mol. The van der Waals surface area contributed by atoms with E-state index in [0.29, 0.717) is 17.7 Å². The van der Waals surface area contributed by atoms with Gasteiger partial charge in [0.25, 0.3) is 0 Å². The number of rotatable bonds is 5. The van der Waals surface area contributed by atoms with Gasteiger partial charge in [-0.3, -0.25) is 0 Å². The summed E-state index contributed by atoms with van der Waals surface area (Å²) < 4.78 is 19.1. The Labute approximate surface area is 98.0 Å². The lowest BCUT2D eigenvalue weighted by Gasteiger charge is -2.16. The van der Waals surface area contributed by atoms with Gasteiger partial charge in [0.05, 0.1) is 17.1 Å². The third-order valence-corrected chi connectivity index (χ3v) is 2.83. The molecule has 84 valence electrons. The van der Waals surface area contributed by atoms with Crippen LogP contribution in [0, 0.1) is 5.82 Å². The molecule has 0 saturated heterocycles. The molecule has 1 aromatic carbocycles. The Morgan fingerprint density at radius 1 is 1.53 bits per heavy atom. The Morgan fingerprint density at radius 2 is 2.27 bits per heavy atom. The highest BCUT2D eigenvalue weighted by Crippen LogP contribution is 2.20. The van der Waals surface area contributed by atoms with Crippen LogP contribution in [0.3, 0.4) is 0 Å². The van der Waals surface area contributed by atoms with E-state index < -0.39 is 0 Å². The zero-order valence-corrected chi connectivity index (χ0v) is 10.5. The minimum atomic E-state index is -0.246. The topological polar surface area (TPSA) is 21.3 Å². The molecule has 0 heterocycles. The van der Waals surface area contributed by atoms with Crippen molar-refractivity contribution in [3.63, 3.8) is 0 Å². The summed E-state index contributed by atoms with van der Waals surface area (Å²) in [5.41, 5.74) is 0.895. The van der Waals surface area contributed by atoms with Gasteiger partial charge >= 0.3 is 0 Å². The number of benzene rings is 1. The van der Waals surface area contributed by atoms with E-state index >= 15 is 0 Å². The minimum absolute atomic E-state index is 0.0348. The van der Waals surface area contributed by atoms with E-state index in [9.17, 15) is 4.39 Å². The van der Waals surface area contributed by atoms with Crippen molar-refractivity contribution in [2.24, 2.45) is 0 Å². The summed E-state index contributed by atoms with van der Waals surface area (Å²) in [4.78, 5) is 0. The predicted octanol–water partition coefficient (Wildman–Crippen LogP) is 2.89. The maximum Gasteiger partial charge on any atom is 0.137 e. The normalized spacial score (nSPS) is 12.8. The van der Waals surface area contributed by atoms with Crippen molar-refractivity contribution < 1.29 is 9.13 Å². The Morgan fingerprint density at radius 3 is 2.80 bits per heavy atom. The van der Waals surface area contributed by atoms with Crippen molar-refractivity contribution in [2.75, 3.05) is 20.3 Å². The Kier molecular flexibility index (Phi) is 5.22. The zero-order valence-electron chi connectivity index (χ0n) is 8.89. The van der Waals surface area contributed by atoms with Gasteiger partial charge in [-0.15, -0.1) is 0 Å². The van der Waals surface area contributed by atoms with Crippen LogP contribution in [0.4, 0.5) is 4.39 Å². The van der Waals surface area contributed by atoms with E-state index in [-0.39, 0.29) is 11.9 Å². The highest BCUT2D eigenvalue weighted by molar-refractivity contribution is 9.10. The molecule has 1 N–H and O–H groups in total. The molecule has 1 atom stereocenters. The van der Waals surface area contributed by atoms with Gasteiger partial charge in [-0.25, -0.2) is 4.39 Å². The van der Waals surface area contributed by atoms with Crippen molar-refractivity contribution in [3.05, 3.63) is 34.1 Å². The molecule has 0 bridgehead atoms. The molecule has 0 aliphatic heterocycles. The third kappa shape index (κ3) is 3.55. The van der Waals surface area contributed by atoms with E-state index in [1.165, 1.54) is 6.07 Å². The molecular formula is C11H15BrFNO. The first kappa shape index (κ1) is 12.6. The lowest BCUT2D eigenvalue weighted by Crippen LogP contribution is -2.21. The van der Waals surface area contributed by atoms with E-state index in [0.717, 1.165) is 5.56 Å². The van der Waals surface area contributed by atoms with Gasteiger partial charge in [0.15, 0.2) is 0 Å². The van der Waals surface area contributed by atoms with Crippen LogP contribution in [-0.2, 0) is 4.74 Å². The van der Waals surface area contributed by atoms with Gasteiger partial charge in [0.2, 0.25) is 0 Å². The maximum atomic E-state index is 13.3. The SMILES string of the molecule is CCOCC(NC)c1ccc(Br)c(F)c1. The summed E-state index contributed by atoms with van der Waals surface area (Å²) in [6.07, 6.45) is 0. The van der Waals surface area contributed by atoms with Gasteiger partial charge < -0.3 is 10.1 Å². The van der Waals surface area contributed by atoms with E-state index in [4.69, 9.17) is 4.74 Å². The van der Waals surface area contributed by atoms with Crippen molar-refractivity contribution >= 4 is 15.9 Å². The smallest absolute Gasteiger partial charge is 0.137 e. The van der Waals surface area contributed by atoms with Crippen LogP contribution < -0.4 is 5.32 Å². The molecule has 0 aliphatic rings. The number of likely N-dealkylation sites (N-methyl/N-ethyl adjacent to an activating group) is 1. The summed E-state index contributed by atoms with van der Waals surface area (Å²) in [7, 11) is 1.84. The number of hydrogen-bond donors (Lipinski definition) is 1. The second kappa shape index (κ2) is 6.20. The second-order valence-corrected chi connectivity index (χ2v) is 4.03. The quantitative estimate of drug-likeness (QED) is 0.892. The summed E-state index contributed by atoms with van der Waals surface area (Å²) in [5, 5.41) is 3.09. The standard InChI is InChI=1S/C11H15BrFNO/c1-3-15-7-11(14-2)8-4-5-9(12)10(13)6-8/h4-6,11,14H,3,7H2,1-2H3. The molecule has 0 fully saturated rings. The van der Waals surface area contributed by atoms with E-state index in [2.05, 4.69) is 21.2 Å². The van der Waals surface area contributed by atoms with Crippen molar-refractivity contribution in [1.82, 2.24) is 5.32 Å². The molecule has 0 saturated carbocycles. The molecule has 1 unspecified atom stereocenters. The first-order valence-corrected chi connectivity index (χ1v) is 5.68. The lowest BCUT2D eigenvalue weighted by molar-refractivity contribution is 0.125. The Balaban J connectivity index is 2.78. The zero-order chi connectivity index (χ0) is 11.3. The fourth-order valence-corrected chi connectivity index (χ4v) is 1.56. The average Bonchev–Trinajstić information content (AvgIpc) is 2.24. The van der Waals surface area contributed by atoms with Crippen LogP contribution in [-0.4, -0.2) is 20.3 Å². The number of halogens is 2. The molecule has 15 heavy (non-hydrogen) atoms. The molecule has 1 rings (SSSR count). The first-order valence-electron chi connectivity index (χ1n) is 4.89. The van der Waals surface area contributed by atoms with Gasteiger partial charge in [0, 0.05) is 6.61 Å². The van der Waals surface area contributed by atoms with Crippen molar-refractivity contribution in [3.8, 4) is 0 Å². The molecule has 4 heteroatoms. The highest BCUT2D eigenvalue weighted by Gasteiger charge is 2.10. The molecule has 0 radical (unpaired) electrons. The monoisotopic (exact) mass is 275 g/mol. The van der Waals surface area contributed by atoms with Crippen LogP contribution in [0.15, 0.2) is 22.7 Å². The minimum Gasteiger partial charge on any atom is -0.380 e. The molecule has 0 spiro atoms. The lowest BCUT2D eigenvalue weighted by atomic mass is 10.1. The van der Waals surface area contributed by atoms with Crippen molar-refractivity contribution in [1.29, 1.82) is 0 Å². The third-order valence-electron chi connectivity index (χ3n) is 2.18. The van der Waals surface area contributed by atoms with Gasteiger partial charge in [0.1, 0.15) is 5.82 Å². The van der Waals surface area contributed by atoms with Crippen LogP contribution in [0.5, 0.6) is 0 Å². The number of hydrogen-bond acceptors (Lipinski definition) is 2. The van der Waals surface area contributed by atoms with Gasteiger partial charge in [-0.2, -0.15) is 0 Å². The first-order chi connectivity index (χ1) is 7.19. The molecule has 2 nitrogen and oxygen atoms in total. The molecule has 0 amide bonds. The van der Waals surface area contributed by atoms with Crippen LogP contribution >= 0.6 is 15.9 Å².